The number of thiocarbonyl (C=S) groups is 1. The fourth-order valence-electron chi connectivity index (χ4n) is 1.25. The molecule has 4 heteroatoms. The zero-order chi connectivity index (χ0) is 12.1. The molecule has 0 radical (unpaired) electrons. The molecular weight excluding hydrogens is 220 g/mol. The second-order valence-corrected chi connectivity index (χ2v) is 4.14. The quantitative estimate of drug-likeness (QED) is 0.787. The molecule has 1 aromatic rings. The lowest BCUT2D eigenvalue weighted by Gasteiger charge is -2.11. The third-order valence-electron chi connectivity index (χ3n) is 2.42. The van der Waals surface area contributed by atoms with Gasteiger partial charge in [0.2, 0.25) is 5.91 Å². The van der Waals surface area contributed by atoms with Gasteiger partial charge in [0.15, 0.2) is 0 Å². The maximum Gasteiger partial charge on any atom is 0.234 e. The van der Waals surface area contributed by atoms with Crippen molar-refractivity contribution < 1.29 is 4.79 Å². The predicted octanol–water partition coefficient (Wildman–Crippen LogP) is 2.11. The van der Waals surface area contributed by atoms with Crippen molar-refractivity contribution >= 4 is 28.8 Å². The maximum atomic E-state index is 11.7. The van der Waals surface area contributed by atoms with Crippen LogP contribution < -0.4 is 11.1 Å². The number of rotatable bonds is 4. The molecule has 0 aromatic heterocycles. The first-order valence-corrected chi connectivity index (χ1v) is 5.64. The van der Waals surface area contributed by atoms with E-state index in [4.69, 9.17) is 18.0 Å². The van der Waals surface area contributed by atoms with Crippen molar-refractivity contribution in [3.8, 4) is 0 Å². The van der Waals surface area contributed by atoms with Crippen LogP contribution in [0.3, 0.4) is 0 Å². The molecule has 3 nitrogen and oxygen atoms in total. The summed E-state index contributed by atoms with van der Waals surface area (Å²) in [6, 6.07) is 7.74. The highest BCUT2D eigenvalue weighted by molar-refractivity contribution is 7.80. The predicted molar refractivity (Wildman–Crippen MR) is 70.4 cm³/mol. The molecule has 86 valence electrons. The molecule has 0 heterocycles. The Bertz CT molecular complexity index is 404. The molecule has 1 aromatic carbocycles. The van der Waals surface area contributed by atoms with Crippen molar-refractivity contribution in [1.82, 2.24) is 0 Å². The van der Waals surface area contributed by atoms with Gasteiger partial charge >= 0.3 is 0 Å². The van der Waals surface area contributed by atoms with Crippen LogP contribution in [0.15, 0.2) is 24.3 Å². The van der Waals surface area contributed by atoms with Crippen LogP contribution in [0.25, 0.3) is 0 Å². The number of amides is 1. The highest BCUT2D eigenvalue weighted by Gasteiger charge is 2.15. The van der Waals surface area contributed by atoms with Gasteiger partial charge < -0.3 is 11.1 Å². The van der Waals surface area contributed by atoms with Gasteiger partial charge in [-0.2, -0.15) is 0 Å². The van der Waals surface area contributed by atoms with E-state index < -0.39 is 5.92 Å². The average Bonchev–Trinajstić information content (AvgIpc) is 2.28. The Morgan fingerprint density at radius 1 is 1.56 bits per heavy atom. The van der Waals surface area contributed by atoms with Crippen molar-refractivity contribution in [3.05, 3.63) is 29.8 Å². The van der Waals surface area contributed by atoms with Gasteiger partial charge in [-0.1, -0.05) is 31.3 Å². The molecule has 1 rings (SSSR count). The summed E-state index contributed by atoms with van der Waals surface area (Å²) in [7, 11) is 0. The number of aryl methyl sites for hydroxylation is 1. The second kappa shape index (κ2) is 5.61. The van der Waals surface area contributed by atoms with E-state index in [1.165, 1.54) is 5.56 Å². The largest absolute Gasteiger partial charge is 0.393 e. The molecule has 0 aliphatic rings. The minimum absolute atomic E-state index is 0.166. The summed E-state index contributed by atoms with van der Waals surface area (Å²) < 4.78 is 0. The Balaban J connectivity index is 2.73. The van der Waals surface area contributed by atoms with Gasteiger partial charge in [-0.05, 0) is 31.0 Å². The van der Waals surface area contributed by atoms with Crippen molar-refractivity contribution in [1.29, 1.82) is 0 Å². The zero-order valence-corrected chi connectivity index (χ0v) is 10.3. The number of nitrogens with one attached hydrogen (secondary N) is 1. The summed E-state index contributed by atoms with van der Waals surface area (Å²) >= 11 is 4.78. The average molecular weight is 236 g/mol. The summed E-state index contributed by atoms with van der Waals surface area (Å²) in [6.07, 6.45) is 0.939. The van der Waals surface area contributed by atoms with E-state index in [1.54, 1.807) is 6.92 Å². The van der Waals surface area contributed by atoms with E-state index in [-0.39, 0.29) is 10.9 Å². The topological polar surface area (TPSA) is 55.1 Å². The number of carbonyl (C=O) groups excluding carboxylic acids is 1. The van der Waals surface area contributed by atoms with Crippen LogP contribution in [0.4, 0.5) is 5.69 Å². The standard InChI is InChI=1S/C12H16N2OS/c1-3-9-5-4-6-10(7-9)14-12(15)8(2)11(13)16/h4-8H,3H2,1-2H3,(H2,13,16)(H,14,15). The maximum absolute atomic E-state index is 11.7. The fourth-order valence-corrected chi connectivity index (χ4v) is 1.36. The summed E-state index contributed by atoms with van der Waals surface area (Å²) in [6.45, 7) is 3.76. The molecule has 0 saturated heterocycles. The van der Waals surface area contributed by atoms with Crippen LogP contribution in [0.1, 0.15) is 19.4 Å². The normalized spacial score (nSPS) is 11.9. The summed E-state index contributed by atoms with van der Waals surface area (Å²) in [5.74, 6) is -0.610. The minimum Gasteiger partial charge on any atom is -0.393 e. The van der Waals surface area contributed by atoms with Crippen LogP contribution in [0.5, 0.6) is 0 Å². The Kier molecular flexibility index (Phi) is 4.43. The molecule has 3 N–H and O–H groups in total. The van der Waals surface area contributed by atoms with Gasteiger partial charge in [-0.15, -0.1) is 0 Å². The van der Waals surface area contributed by atoms with Crippen molar-refractivity contribution in [2.24, 2.45) is 11.7 Å². The molecule has 0 saturated carbocycles. The molecule has 0 bridgehead atoms. The SMILES string of the molecule is CCc1cccc(NC(=O)C(C)C(N)=S)c1. The summed E-state index contributed by atoms with van der Waals surface area (Å²) in [5, 5.41) is 2.79. The van der Waals surface area contributed by atoms with Gasteiger partial charge in [-0.25, -0.2) is 0 Å². The van der Waals surface area contributed by atoms with Gasteiger partial charge in [-0.3, -0.25) is 4.79 Å². The second-order valence-electron chi connectivity index (χ2n) is 3.67. The van der Waals surface area contributed by atoms with E-state index in [9.17, 15) is 4.79 Å². The monoisotopic (exact) mass is 236 g/mol. The lowest BCUT2D eigenvalue weighted by molar-refractivity contribution is -0.117. The molecule has 1 unspecified atom stereocenters. The highest BCUT2D eigenvalue weighted by atomic mass is 32.1. The third-order valence-corrected chi connectivity index (χ3v) is 2.78. The van der Waals surface area contributed by atoms with Crippen molar-refractivity contribution in [3.63, 3.8) is 0 Å². The molecule has 1 amide bonds. The van der Waals surface area contributed by atoms with Crippen molar-refractivity contribution in [2.45, 2.75) is 20.3 Å². The van der Waals surface area contributed by atoms with Crippen molar-refractivity contribution in [2.75, 3.05) is 5.32 Å². The van der Waals surface area contributed by atoms with Gasteiger partial charge in [0, 0.05) is 5.69 Å². The summed E-state index contributed by atoms with van der Waals surface area (Å²) in [4.78, 5) is 11.9. The van der Waals surface area contributed by atoms with Crippen LogP contribution in [-0.4, -0.2) is 10.9 Å². The van der Waals surface area contributed by atoms with Crippen LogP contribution in [0.2, 0.25) is 0 Å². The first-order valence-electron chi connectivity index (χ1n) is 5.23. The molecule has 0 aliphatic carbocycles. The van der Waals surface area contributed by atoms with Gasteiger partial charge in [0.25, 0.3) is 0 Å². The molecule has 0 fully saturated rings. The van der Waals surface area contributed by atoms with Crippen LogP contribution in [0, 0.1) is 5.92 Å². The van der Waals surface area contributed by atoms with Crippen LogP contribution >= 0.6 is 12.2 Å². The Labute approximate surface area is 101 Å². The third kappa shape index (κ3) is 3.31. The lowest BCUT2D eigenvalue weighted by atomic mass is 10.1. The molecule has 0 spiro atoms. The number of nitrogens with two attached hydrogens (primary N) is 1. The number of hydrogen-bond donors (Lipinski definition) is 2. The van der Waals surface area contributed by atoms with E-state index in [0.29, 0.717) is 0 Å². The minimum atomic E-state index is -0.444. The van der Waals surface area contributed by atoms with E-state index in [0.717, 1.165) is 12.1 Å². The highest BCUT2D eigenvalue weighted by Crippen LogP contribution is 2.12. The molecule has 1 atom stereocenters. The molecular formula is C12H16N2OS. The zero-order valence-electron chi connectivity index (χ0n) is 9.49. The Morgan fingerprint density at radius 2 is 2.25 bits per heavy atom. The molecule has 16 heavy (non-hydrogen) atoms. The number of carbonyl (C=O) groups is 1. The van der Waals surface area contributed by atoms with Gasteiger partial charge in [0.05, 0.1) is 10.9 Å². The van der Waals surface area contributed by atoms with Crippen LogP contribution in [-0.2, 0) is 11.2 Å². The smallest absolute Gasteiger partial charge is 0.234 e. The van der Waals surface area contributed by atoms with E-state index in [1.807, 2.05) is 24.3 Å². The van der Waals surface area contributed by atoms with E-state index in [2.05, 4.69) is 12.2 Å². The summed E-state index contributed by atoms with van der Waals surface area (Å²) in [5.41, 5.74) is 7.38. The first kappa shape index (κ1) is 12.6. The van der Waals surface area contributed by atoms with Gasteiger partial charge in [0.1, 0.15) is 0 Å². The number of hydrogen-bond acceptors (Lipinski definition) is 2. The Hall–Kier alpha value is -1.42. The van der Waals surface area contributed by atoms with E-state index >= 15 is 0 Å². The lowest BCUT2D eigenvalue weighted by Crippen LogP contribution is -2.30. The number of benzene rings is 1. The number of anilines is 1. The fraction of sp³-hybridized carbons (Fsp3) is 0.333. The first-order chi connectivity index (χ1) is 7.54. The Morgan fingerprint density at radius 3 is 2.81 bits per heavy atom. The molecule has 0 aliphatic heterocycles.